The smallest absolute Gasteiger partial charge is 0.279 e. The standard InChI is InChI=1S/C22H28N6O4S/c1-4-5-17-18-19(25-27(17)3)22(29)24-21(23-18)16-13-15(12-14-6-11-32-20(14)16)33(30,31)28-9-7-26(2)8-10-28/h12-13H,4-11H2,1-3H3,(H,23,24,29). The van der Waals surface area contributed by atoms with Gasteiger partial charge in [0, 0.05) is 39.6 Å². The maximum absolute atomic E-state index is 13.5. The lowest BCUT2D eigenvalue weighted by molar-refractivity contribution is 0.222. The Balaban J connectivity index is 1.66. The minimum Gasteiger partial charge on any atom is -0.492 e. The molecule has 10 nitrogen and oxygen atoms in total. The first-order chi connectivity index (χ1) is 15.8. The number of hydrogen-bond donors (Lipinski definition) is 1. The van der Waals surface area contributed by atoms with Gasteiger partial charge in [-0.05, 0) is 31.2 Å². The number of likely N-dealkylation sites (N-methyl/N-ethyl adjacent to an activating group) is 1. The number of H-pyrrole nitrogens is 1. The van der Waals surface area contributed by atoms with Crippen molar-refractivity contribution < 1.29 is 13.2 Å². The SMILES string of the molecule is CCCc1c2nc(-c3cc(S(=O)(=O)N4CCN(C)CC4)cc4c3OCC4)[nH]c(=O)c2nn1C. The fourth-order valence-corrected chi connectivity index (χ4v) is 6.05. The van der Waals surface area contributed by atoms with Crippen LogP contribution in [0.5, 0.6) is 5.75 Å². The van der Waals surface area contributed by atoms with Crippen LogP contribution in [0.2, 0.25) is 0 Å². The Morgan fingerprint density at radius 2 is 1.88 bits per heavy atom. The quantitative estimate of drug-likeness (QED) is 0.593. The second-order valence-corrected chi connectivity index (χ2v) is 10.6. The molecule has 0 amide bonds. The van der Waals surface area contributed by atoms with Gasteiger partial charge in [0.15, 0.2) is 5.52 Å². The van der Waals surface area contributed by atoms with E-state index in [4.69, 9.17) is 9.72 Å². The molecule has 1 saturated heterocycles. The molecule has 2 aromatic heterocycles. The van der Waals surface area contributed by atoms with Crippen LogP contribution in [-0.2, 0) is 29.9 Å². The topological polar surface area (TPSA) is 113 Å². The second kappa shape index (κ2) is 8.23. The van der Waals surface area contributed by atoms with Gasteiger partial charge >= 0.3 is 0 Å². The van der Waals surface area contributed by atoms with Crippen molar-refractivity contribution in [2.24, 2.45) is 7.05 Å². The van der Waals surface area contributed by atoms with Gasteiger partial charge in [-0.3, -0.25) is 9.48 Å². The Bertz CT molecular complexity index is 1390. The van der Waals surface area contributed by atoms with E-state index in [1.165, 1.54) is 4.31 Å². The van der Waals surface area contributed by atoms with E-state index in [2.05, 4.69) is 21.9 Å². The highest BCUT2D eigenvalue weighted by atomic mass is 32.2. The van der Waals surface area contributed by atoms with E-state index >= 15 is 0 Å². The van der Waals surface area contributed by atoms with Crippen LogP contribution in [0.1, 0.15) is 24.6 Å². The van der Waals surface area contributed by atoms with Crippen molar-refractivity contribution in [3.05, 3.63) is 33.7 Å². The maximum atomic E-state index is 13.5. The third-order valence-electron chi connectivity index (χ3n) is 6.41. The fourth-order valence-electron chi connectivity index (χ4n) is 4.55. The average Bonchev–Trinajstić information content (AvgIpc) is 3.39. The monoisotopic (exact) mass is 472 g/mol. The molecule has 2 aliphatic heterocycles. The number of piperazine rings is 1. The largest absolute Gasteiger partial charge is 0.492 e. The number of nitrogens with one attached hydrogen (secondary N) is 1. The molecule has 176 valence electrons. The van der Waals surface area contributed by atoms with Crippen molar-refractivity contribution >= 4 is 21.1 Å². The molecule has 33 heavy (non-hydrogen) atoms. The zero-order valence-corrected chi connectivity index (χ0v) is 19.9. The average molecular weight is 473 g/mol. The van der Waals surface area contributed by atoms with Gasteiger partial charge in [0.1, 0.15) is 17.1 Å². The van der Waals surface area contributed by atoms with Gasteiger partial charge in [-0.2, -0.15) is 9.40 Å². The predicted molar refractivity (Wildman–Crippen MR) is 124 cm³/mol. The molecule has 0 radical (unpaired) electrons. The van der Waals surface area contributed by atoms with Crippen molar-refractivity contribution in [1.29, 1.82) is 0 Å². The van der Waals surface area contributed by atoms with Crippen LogP contribution in [-0.4, -0.2) is 77.2 Å². The lowest BCUT2D eigenvalue weighted by Gasteiger charge is -2.31. The van der Waals surface area contributed by atoms with Gasteiger partial charge in [-0.25, -0.2) is 13.4 Å². The first kappa shape index (κ1) is 22.1. The lowest BCUT2D eigenvalue weighted by Crippen LogP contribution is -2.47. The third-order valence-corrected chi connectivity index (χ3v) is 8.28. The Morgan fingerprint density at radius 3 is 2.61 bits per heavy atom. The summed E-state index contributed by atoms with van der Waals surface area (Å²) in [6, 6.07) is 3.28. The van der Waals surface area contributed by atoms with Crippen molar-refractivity contribution in [3.8, 4) is 17.1 Å². The van der Waals surface area contributed by atoms with Crippen LogP contribution in [0.3, 0.4) is 0 Å². The van der Waals surface area contributed by atoms with E-state index < -0.39 is 10.0 Å². The van der Waals surface area contributed by atoms with Crippen LogP contribution in [0.15, 0.2) is 21.8 Å². The number of fused-ring (bicyclic) bond motifs is 2. The van der Waals surface area contributed by atoms with E-state index in [1.54, 1.807) is 23.9 Å². The number of aromatic nitrogens is 4. The number of nitrogens with zero attached hydrogens (tertiary/aromatic N) is 5. The molecule has 0 spiro atoms. The van der Waals surface area contributed by atoms with Crippen LogP contribution in [0.4, 0.5) is 0 Å². The minimum atomic E-state index is -3.69. The van der Waals surface area contributed by atoms with Gasteiger partial charge < -0.3 is 14.6 Å². The summed E-state index contributed by atoms with van der Waals surface area (Å²) in [7, 11) is 0.0978. The predicted octanol–water partition coefficient (Wildman–Crippen LogP) is 1.15. The van der Waals surface area contributed by atoms with Crippen LogP contribution in [0, 0.1) is 0 Å². The summed E-state index contributed by atoms with van der Waals surface area (Å²) in [4.78, 5) is 22.7. The summed E-state index contributed by atoms with van der Waals surface area (Å²) in [6.45, 7) is 4.78. The van der Waals surface area contributed by atoms with Crippen LogP contribution < -0.4 is 10.3 Å². The molecule has 0 unspecified atom stereocenters. The highest BCUT2D eigenvalue weighted by Crippen LogP contribution is 2.38. The molecule has 3 aromatic rings. The van der Waals surface area contributed by atoms with Crippen molar-refractivity contribution in [1.82, 2.24) is 29.0 Å². The molecule has 11 heteroatoms. The fraction of sp³-hybridized carbons (Fsp3) is 0.500. The number of ether oxygens (including phenoxy) is 1. The Kier molecular flexibility index (Phi) is 5.50. The summed E-state index contributed by atoms with van der Waals surface area (Å²) in [5.74, 6) is 0.877. The summed E-state index contributed by atoms with van der Waals surface area (Å²) >= 11 is 0. The molecule has 2 aliphatic rings. The number of rotatable bonds is 5. The number of benzene rings is 1. The Morgan fingerprint density at radius 1 is 1.12 bits per heavy atom. The van der Waals surface area contributed by atoms with Gasteiger partial charge in [0.2, 0.25) is 10.0 Å². The summed E-state index contributed by atoms with van der Waals surface area (Å²) in [6.07, 6.45) is 2.22. The lowest BCUT2D eigenvalue weighted by atomic mass is 10.1. The summed E-state index contributed by atoms with van der Waals surface area (Å²) in [5, 5.41) is 4.34. The van der Waals surface area contributed by atoms with Gasteiger partial charge in [0.05, 0.1) is 22.8 Å². The number of sulfonamides is 1. The van der Waals surface area contributed by atoms with Crippen molar-refractivity contribution in [3.63, 3.8) is 0 Å². The highest BCUT2D eigenvalue weighted by molar-refractivity contribution is 7.89. The molecular weight excluding hydrogens is 444 g/mol. The van der Waals surface area contributed by atoms with Crippen LogP contribution >= 0.6 is 0 Å². The van der Waals surface area contributed by atoms with E-state index in [1.807, 2.05) is 7.05 Å². The Hall–Kier alpha value is -2.76. The minimum absolute atomic E-state index is 0.203. The highest BCUT2D eigenvalue weighted by Gasteiger charge is 2.31. The van der Waals surface area contributed by atoms with Gasteiger partial charge in [-0.1, -0.05) is 13.3 Å². The summed E-state index contributed by atoms with van der Waals surface area (Å²) < 4.78 is 36.0. The van der Waals surface area contributed by atoms with Crippen molar-refractivity contribution in [2.75, 3.05) is 39.8 Å². The molecule has 0 bridgehead atoms. The zero-order valence-electron chi connectivity index (χ0n) is 19.1. The molecule has 5 rings (SSSR count). The molecule has 1 fully saturated rings. The molecule has 1 N–H and O–H groups in total. The molecule has 0 aliphatic carbocycles. The first-order valence-corrected chi connectivity index (χ1v) is 12.7. The van der Waals surface area contributed by atoms with Crippen LogP contribution in [0.25, 0.3) is 22.4 Å². The summed E-state index contributed by atoms with van der Waals surface area (Å²) in [5.41, 5.74) is 2.64. The van der Waals surface area contributed by atoms with Crippen molar-refractivity contribution in [2.45, 2.75) is 31.1 Å². The van der Waals surface area contributed by atoms with E-state index in [9.17, 15) is 13.2 Å². The van der Waals surface area contributed by atoms with E-state index in [-0.39, 0.29) is 16.0 Å². The zero-order chi connectivity index (χ0) is 23.3. The first-order valence-electron chi connectivity index (χ1n) is 11.2. The number of aryl methyl sites for hydroxylation is 2. The van der Waals surface area contributed by atoms with E-state index in [0.717, 1.165) is 24.1 Å². The normalized spacial score (nSPS) is 17.4. The maximum Gasteiger partial charge on any atom is 0.279 e. The molecule has 0 atom stereocenters. The van der Waals surface area contributed by atoms with E-state index in [0.29, 0.717) is 61.9 Å². The molecule has 0 saturated carbocycles. The molecule has 4 heterocycles. The molecular formula is C22H28N6O4S. The number of aromatic amines is 1. The Labute approximate surface area is 192 Å². The number of hydrogen-bond acceptors (Lipinski definition) is 7. The third kappa shape index (κ3) is 3.73. The molecule has 1 aromatic carbocycles. The van der Waals surface area contributed by atoms with Gasteiger partial charge in [0.25, 0.3) is 5.56 Å². The second-order valence-electron chi connectivity index (χ2n) is 8.70. The van der Waals surface area contributed by atoms with Gasteiger partial charge in [-0.15, -0.1) is 0 Å².